The molecule has 2 heterocycles. The van der Waals surface area contributed by atoms with E-state index in [1.54, 1.807) is 0 Å². The number of rotatable bonds is 5. The van der Waals surface area contributed by atoms with Crippen molar-refractivity contribution in [2.24, 2.45) is 11.7 Å². The lowest BCUT2D eigenvalue weighted by Gasteiger charge is -2.27. The van der Waals surface area contributed by atoms with E-state index in [4.69, 9.17) is 5.73 Å². The zero-order valence-electron chi connectivity index (χ0n) is 13.8. The third-order valence-electron chi connectivity index (χ3n) is 5.14. The maximum absolute atomic E-state index is 12.0. The number of pyridine rings is 1. The van der Waals surface area contributed by atoms with Gasteiger partial charge >= 0.3 is 0 Å². The Morgan fingerprint density at radius 1 is 1.22 bits per heavy atom. The molecule has 2 atom stereocenters. The smallest absolute Gasteiger partial charge is 0.220 e. The third kappa shape index (κ3) is 4.44. The Balaban J connectivity index is 1.45. The second-order valence-corrected chi connectivity index (χ2v) is 6.91. The first-order chi connectivity index (χ1) is 11.2. The van der Waals surface area contributed by atoms with Crippen LogP contribution in [-0.2, 0) is 11.3 Å². The van der Waals surface area contributed by atoms with Gasteiger partial charge in [-0.3, -0.25) is 4.79 Å². The molecule has 3 N–H and O–H groups in total. The number of hydrogen-bond acceptors (Lipinski definition) is 4. The first-order valence-electron chi connectivity index (χ1n) is 8.94. The van der Waals surface area contributed by atoms with Crippen molar-refractivity contribution in [2.45, 2.75) is 57.5 Å². The lowest BCUT2D eigenvalue weighted by Crippen LogP contribution is -2.31. The lowest BCUT2D eigenvalue weighted by atomic mass is 10.00. The third-order valence-corrected chi connectivity index (χ3v) is 5.14. The molecule has 2 fully saturated rings. The van der Waals surface area contributed by atoms with Gasteiger partial charge in [-0.25, -0.2) is 4.98 Å². The Bertz CT molecular complexity index is 510. The van der Waals surface area contributed by atoms with Crippen LogP contribution in [0.25, 0.3) is 0 Å². The van der Waals surface area contributed by atoms with Crippen molar-refractivity contribution in [1.82, 2.24) is 10.3 Å². The van der Waals surface area contributed by atoms with E-state index in [0.717, 1.165) is 43.7 Å². The minimum absolute atomic E-state index is 0.104. The molecule has 2 aliphatic rings. The SMILES string of the molecule is N[C@@H]1CCC[C@H]1CC(=O)NCc1ccc(N2CCCCC2)nc1. The molecule has 5 heteroatoms. The molecule has 23 heavy (non-hydrogen) atoms. The first-order valence-corrected chi connectivity index (χ1v) is 8.94. The quantitative estimate of drug-likeness (QED) is 0.873. The highest BCUT2D eigenvalue weighted by molar-refractivity contribution is 5.76. The molecule has 1 aliphatic heterocycles. The van der Waals surface area contributed by atoms with Crippen LogP contribution in [0.15, 0.2) is 18.3 Å². The molecule has 0 spiro atoms. The van der Waals surface area contributed by atoms with Crippen LogP contribution in [0.5, 0.6) is 0 Å². The van der Waals surface area contributed by atoms with Crippen LogP contribution in [0.3, 0.4) is 0 Å². The van der Waals surface area contributed by atoms with Gasteiger partial charge in [-0.15, -0.1) is 0 Å². The van der Waals surface area contributed by atoms with Crippen LogP contribution in [0.2, 0.25) is 0 Å². The summed E-state index contributed by atoms with van der Waals surface area (Å²) in [5.41, 5.74) is 7.08. The van der Waals surface area contributed by atoms with Crippen molar-refractivity contribution in [1.29, 1.82) is 0 Å². The summed E-state index contributed by atoms with van der Waals surface area (Å²) in [4.78, 5) is 18.9. The van der Waals surface area contributed by atoms with Gasteiger partial charge in [0.2, 0.25) is 5.91 Å². The van der Waals surface area contributed by atoms with Crippen LogP contribution in [0.1, 0.15) is 50.5 Å². The molecule has 1 saturated carbocycles. The van der Waals surface area contributed by atoms with Gasteiger partial charge in [-0.2, -0.15) is 0 Å². The van der Waals surface area contributed by atoms with E-state index in [2.05, 4.69) is 27.3 Å². The summed E-state index contributed by atoms with van der Waals surface area (Å²) in [6, 6.07) is 4.34. The van der Waals surface area contributed by atoms with Gasteiger partial charge in [-0.1, -0.05) is 12.5 Å². The van der Waals surface area contributed by atoms with Crippen LogP contribution in [0.4, 0.5) is 5.82 Å². The fourth-order valence-corrected chi connectivity index (χ4v) is 3.66. The fraction of sp³-hybridized carbons (Fsp3) is 0.667. The highest BCUT2D eigenvalue weighted by Crippen LogP contribution is 2.26. The zero-order valence-corrected chi connectivity index (χ0v) is 13.8. The number of hydrogen-bond donors (Lipinski definition) is 2. The van der Waals surface area contributed by atoms with Crippen LogP contribution in [-0.4, -0.2) is 30.0 Å². The van der Waals surface area contributed by atoms with E-state index < -0.39 is 0 Å². The maximum atomic E-state index is 12.0. The molecule has 0 bridgehead atoms. The first kappa shape index (κ1) is 16.2. The molecule has 0 radical (unpaired) electrons. The lowest BCUT2D eigenvalue weighted by molar-refractivity contribution is -0.122. The predicted molar refractivity (Wildman–Crippen MR) is 92.1 cm³/mol. The largest absolute Gasteiger partial charge is 0.357 e. The van der Waals surface area contributed by atoms with Crippen LogP contribution in [0, 0.1) is 5.92 Å². The van der Waals surface area contributed by atoms with Crippen molar-refractivity contribution >= 4 is 11.7 Å². The summed E-state index contributed by atoms with van der Waals surface area (Å²) in [6.07, 6.45) is 9.56. The van der Waals surface area contributed by atoms with E-state index in [-0.39, 0.29) is 11.9 Å². The monoisotopic (exact) mass is 316 g/mol. The summed E-state index contributed by atoms with van der Waals surface area (Å²) in [5.74, 6) is 1.51. The van der Waals surface area contributed by atoms with Gasteiger partial charge in [-0.05, 0) is 49.7 Å². The van der Waals surface area contributed by atoms with Gasteiger partial charge in [0.05, 0.1) is 0 Å². The summed E-state index contributed by atoms with van der Waals surface area (Å²) in [5, 5.41) is 3.00. The van der Waals surface area contributed by atoms with Crippen molar-refractivity contribution < 1.29 is 4.79 Å². The summed E-state index contributed by atoms with van der Waals surface area (Å²) >= 11 is 0. The molecule has 3 rings (SSSR count). The predicted octanol–water partition coefficient (Wildman–Crippen LogP) is 2.21. The Morgan fingerprint density at radius 3 is 2.70 bits per heavy atom. The summed E-state index contributed by atoms with van der Waals surface area (Å²) in [6.45, 7) is 2.75. The Labute approximate surface area is 138 Å². The minimum atomic E-state index is 0.104. The number of anilines is 1. The van der Waals surface area contributed by atoms with Gasteiger partial charge in [0, 0.05) is 38.3 Å². The molecule has 1 saturated heterocycles. The van der Waals surface area contributed by atoms with Gasteiger partial charge in [0.1, 0.15) is 5.82 Å². The molecule has 126 valence electrons. The van der Waals surface area contributed by atoms with Crippen molar-refractivity contribution in [3.8, 4) is 0 Å². The standard InChI is InChI=1S/C18H28N4O/c19-16-6-4-5-15(16)11-18(23)21-13-14-7-8-17(20-12-14)22-9-2-1-3-10-22/h7-8,12,15-16H,1-6,9-11,13,19H2,(H,21,23)/t15-,16+/m0/s1. The second kappa shape index (κ2) is 7.77. The molecule has 1 amide bonds. The maximum Gasteiger partial charge on any atom is 0.220 e. The number of nitrogens with two attached hydrogens (primary N) is 1. The number of nitrogens with zero attached hydrogens (tertiary/aromatic N) is 2. The fourth-order valence-electron chi connectivity index (χ4n) is 3.66. The molecule has 1 aliphatic carbocycles. The summed E-state index contributed by atoms with van der Waals surface area (Å²) < 4.78 is 0. The average molecular weight is 316 g/mol. The zero-order chi connectivity index (χ0) is 16.1. The molecule has 1 aromatic heterocycles. The van der Waals surface area contributed by atoms with E-state index in [1.165, 1.54) is 19.3 Å². The molecule has 5 nitrogen and oxygen atoms in total. The van der Waals surface area contributed by atoms with E-state index >= 15 is 0 Å². The molecule has 0 aromatic carbocycles. The van der Waals surface area contributed by atoms with E-state index in [0.29, 0.717) is 18.9 Å². The Kier molecular flexibility index (Phi) is 5.49. The highest BCUT2D eigenvalue weighted by Gasteiger charge is 2.25. The van der Waals surface area contributed by atoms with E-state index in [9.17, 15) is 4.79 Å². The minimum Gasteiger partial charge on any atom is -0.357 e. The Hall–Kier alpha value is -1.62. The van der Waals surface area contributed by atoms with Gasteiger partial charge in [0.15, 0.2) is 0 Å². The number of amides is 1. The second-order valence-electron chi connectivity index (χ2n) is 6.91. The van der Waals surface area contributed by atoms with Crippen LogP contribution >= 0.6 is 0 Å². The number of carbonyl (C=O) groups is 1. The molecular formula is C18H28N4O. The number of aromatic nitrogens is 1. The molecule has 0 unspecified atom stereocenters. The average Bonchev–Trinajstić information content (AvgIpc) is 2.99. The normalized spacial score (nSPS) is 24.7. The highest BCUT2D eigenvalue weighted by atomic mass is 16.1. The number of nitrogens with one attached hydrogen (secondary N) is 1. The molecular weight excluding hydrogens is 288 g/mol. The van der Waals surface area contributed by atoms with Crippen molar-refractivity contribution in [3.63, 3.8) is 0 Å². The Morgan fingerprint density at radius 2 is 2.04 bits per heavy atom. The van der Waals surface area contributed by atoms with Crippen molar-refractivity contribution in [3.05, 3.63) is 23.9 Å². The van der Waals surface area contributed by atoms with Gasteiger partial charge < -0.3 is 16.0 Å². The number of piperidine rings is 1. The van der Waals surface area contributed by atoms with Gasteiger partial charge in [0.25, 0.3) is 0 Å². The number of carbonyl (C=O) groups excluding carboxylic acids is 1. The van der Waals surface area contributed by atoms with Crippen LogP contribution < -0.4 is 16.0 Å². The topological polar surface area (TPSA) is 71.2 Å². The van der Waals surface area contributed by atoms with E-state index in [1.807, 2.05) is 6.20 Å². The summed E-state index contributed by atoms with van der Waals surface area (Å²) in [7, 11) is 0. The van der Waals surface area contributed by atoms with Crippen molar-refractivity contribution in [2.75, 3.05) is 18.0 Å². The molecule has 1 aromatic rings.